The maximum atomic E-state index is 13.2. The molecule has 0 aliphatic rings. The van der Waals surface area contributed by atoms with Crippen LogP contribution in [0.25, 0.3) is 0 Å². The van der Waals surface area contributed by atoms with Crippen molar-refractivity contribution in [2.24, 2.45) is 0 Å². The van der Waals surface area contributed by atoms with Gasteiger partial charge in [0.25, 0.3) is 0 Å². The Bertz CT molecular complexity index is 765. The number of carbonyl (C=O) groups excluding carboxylic acids is 2. The second-order valence-corrected chi connectivity index (χ2v) is 6.11. The molecule has 7 heteroatoms. The molecule has 0 spiro atoms. The van der Waals surface area contributed by atoms with E-state index in [2.05, 4.69) is 16.0 Å². The van der Waals surface area contributed by atoms with E-state index in [1.807, 2.05) is 24.3 Å². The molecule has 1 unspecified atom stereocenters. The van der Waals surface area contributed by atoms with E-state index in [1.165, 1.54) is 26.2 Å². The minimum absolute atomic E-state index is 0.107. The highest BCUT2D eigenvalue weighted by Gasteiger charge is 2.18. The zero-order valence-electron chi connectivity index (χ0n) is 15.4. The highest BCUT2D eigenvalue weighted by molar-refractivity contribution is 5.86. The molecule has 0 fully saturated rings. The zero-order chi connectivity index (χ0) is 19.6. The predicted octanol–water partition coefficient (Wildman–Crippen LogP) is 2.21. The van der Waals surface area contributed by atoms with Gasteiger partial charge in [0.05, 0.1) is 6.61 Å². The first-order chi connectivity index (χ1) is 13.0. The van der Waals surface area contributed by atoms with Crippen LogP contribution in [-0.2, 0) is 27.4 Å². The van der Waals surface area contributed by atoms with Crippen molar-refractivity contribution in [3.63, 3.8) is 0 Å². The normalized spacial score (nSPS) is 11.5. The summed E-state index contributed by atoms with van der Waals surface area (Å²) in [4.78, 5) is 23.3. The smallest absolute Gasteiger partial charge is 0.245 e. The molecule has 2 rings (SSSR count). The number of anilines is 1. The third kappa shape index (κ3) is 7.07. The van der Waals surface area contributed by atoms with Gasteiger partial charge in [0, 0.05) is 32.8 Å². The molecular formula is C20H24FN3O3. The lowest BCUT2D eigenvalue weighted by atomic mass is 10.1. The molecule has 0 aromatic heterocycles. The Morgan fingerprint density at radius 1 is 1.07 bits per heavy atom. The van der Waals surface area contributed by atoms with Gasteiger partial charge in [0.2, 0.25) is 11.8 Å². The highest BCUT2D eigenvalue weighted by Crippen LogP contribution is 2.12. The van der Waals surface area contributed by atoms with Gasteiger partial charge in [-0.1, -0.05) is 30.3 Å². The van der Waals surface area contributed by atoms with Gasteiger partial charge in [-0.15, -0.1) is 0 Å². The van der Waals surface area contributed by atoms with Gasteiger partial charge in [0.15, 0.2) is 0 Å². The summed E-state index contributed by atoms with van der Waals surface area (Å²) in [6, 6.07) is 13.3. The minimum atomic E-state index is -0.720. The standard InChI is InChI=1S/C20H24FN3O3/c1-14(25)24-19(13-27-2)20(26)23-12-16-8-6-15(7-9-16)11-22-18-5-3-4-17(21)10-18/h3-10,19,22H,11-13H2,1-2H3,(H,23,26)(H,24,25). The number of benzene rings is 2. The van der Waals surface area contributed by atoms with Crippen molar-refractivity contribution < 1.29 is 18.7 Å². The molecule has 0 aliphatic heterocycles. The highest BCUT2D eigenvalue weighted by atomic mass is 19.1. The quantitative estimate of drug-likeness (QED) is 0.630. The van der Waals surface area contributed by atoms with Crippen LogP contribution in [0.5, 0.6) is 0 Å². The van der Waals surface area contributed by atoms with E-state index >= 15 is 0 Å². The molecule has 144 valence electrons. The van der Waals surface area contributed by atoms with Crippen LogP contribution in [0.3, 0.4) is 0 Å². The van der Waals surface area contributed by atoms with Crippen LogP contribution >= 0.6 is 0 Å². The molecule has 0 heterocycles. The molecule has 0 radical (unpaired) electrons. The Hall–Kier alpha value is -2.93. The van der Waals surface area contributed by atoms with Gasteiger partial charge >= 0.3 is 0 Å². The average Bonchev–Trinajstić information content (AvgIpc) is 2.64. The number of rotatable bonds is 9. The van der Waals surface area contributed by atoms with Crippen LogP contribution in [-0.4, -0.2) is 31.6 Å². The van der Waals surface area contributed by atoms with Crippen LogP contribution in [0.1, 0.15) is 18.1 Å². The van der Waals surface area contributed by atoms with E-state index < -0.39 is 6.04 Å². The number of methoxy groups -OCH3 is 1. The van der Waals surface area contributed by atoms with E-state index in [9.17, 15) is 14.0 Å². The van der Waals surface area contributed by atoms with Gasteiger partial charge < -0.3 is 20.7 Å². The first-order valence-electron chi connectivity index (χ1n) is 8.59. The fourth-order valence-corrected chi connectivity index (χ4v) is 2.48. The maximum Gasteiger partial charge on any atom is 0.245 e. The summed E-state index contributed by atoms with van der Waals surface area (Å²) >= 11 is 0. The van der Waals surface area contributed by atoms with Gasteiger partial charge in [-0.25, -0.2) is 4.39 Å². The Balaban J connectivity index is 1.84. The summed E-state index contributed by atoms with van der Waals surface area (Å²) in [7, 11) is 1.47. The second kappa shape index (κ2) is 10.3. The Morgan fingerprint density at radius 2 is 1.74 bits per heavy atom. The SMILES string of the molecule is COCC(NC(C)=O)C(=O)NCc1ccc(CNc2cccc(F)c2)cc1. The number of hydrogen-bond donors (Lipinski definition) is 3. The molecule has 27 heavy (non-hydrogen) atoms. The lowest BCUT2D eigenvalue weighted by Gasteiger charge is -2.16. The van der Waals surface area contributed by atoms with Crippen LogP contribution < -0.4 is 16.0 Å². The van der Waals surface area contributed by atoms with E-state index in [0.29, 0.717) is 18.8 Å². The van der Waals surface area contributed by atoms with Crippen molar-refractivity contribution in [3.05, 3.63) is 65.5 Å². The van der Waals surface area contributed by atoms with Crippen molar-refractivity contribution in [3.8, 4) is 0 Å². The molecule has 0 saturated carbocycles. The molecule has 0 saturated heterocycles. The van der Waals surface area contributed by atoms with Gasteiger partial charge in [-0.05, 0) is 29.3 Å². The summed E-state index contributed by atoms with van der Waals surface area (Å²) in [5.74, 6) is -0.872. The monoisotopic (exact) mass is 373 g/mol. The maximum absolute atomic E-state index is 13.2. The predicted molar refractivity (Wildman–Crippen MR) is 101 cm³/mol. The molecule has 1 atom stereocenters. The van der Waals surface area contributed by atoms with E-state index in [4.69, 9.17) is 4.74 Å². The third-order valence-electron chi connectivity index (χ3n) is 3.84. The van der Waals surface area contributed by atoms with Crippen molar-refractivity contribution in [1.82, 2.24) is 10.6 Å². The molecule has 6 nitrogen and oxygen atoms in total. The number of ether oxygens (including phenoxy) is 1. The Morgan fingerprint density at radius 3 is 2.33 bits per heavy atom. The van der Waals surface area contributed by atoms with Crippen LogP contribution in [0, 0.1) is 5.82 Å². The van der Waals surface area contributed by atoms with Crippen LogP contribution in [0.4, 0.5) is 10.1 Å². The lowest BCUT2D eigenvalue weighted by Crippen LogP contribution is -2.48. The minimum Gasteiger partial charge on any atom is -0.382 e. The summed E-state index contributed by atoms with van der Waals surface area (Å²) in [5, 5.41) is 8.49. The number of hydrogen-bond acceptors (Lipinski definition) is 4. The van der Waals surface area contributed by atoms with Crippen molar-refractivity contribution >= 4 is 17.5 Å². The van der Waals surface area contributed by atoms with E-state index in [1.54, 1.807) is 12.1 Å². The molecule has 3 N–H and O–H groups in total. The molecule has 0 aliphatic carbocycles. The first kappa shape index (κ1) is 20.4. The number of halogens is 1. The third-order valence-corrected chi connectivity index (χ3v) is 3.84. The largest absolute Gasteiger partial charge is 0.382 e. The summed E-state index contributed by atoms with van der Waals surface area (Å²) < 4.78 is 18.1. The molecule has 2 amide bonds. The number of nitrogens with one attached hydrogen (secondary N) is 3. The second-order valence-electron chi connectivity index (χ2n) is 6.11. The van der Waals surface area contributed by atoms with Gasteiger partial charge in [-0.3, -0.25) is 9.59 Å². The molecule has 2 aromatic rings. The summed E-state index contributed by atoms with van der Waals surface area (Å²) in [5.41, 5.74) is 2.68. The molecule has 0 bridgehead atoms. The molecular weight excluding hydrogens is 349 g/mol. The summed E-state index contributed by atoms with van der Waals surface area (Å²) in [6.07, 6.45) is 0. The molecule has 2 aromatic carbocycles. The Labute approximate surface area is 158 Å². The van der Waals surface area contributed by atoms with Crippen LogP contribution in [0.2, 0.25) is 0 Å². The fourth-order valence-electron chi connectivity index (χ4n) is 2.48. The Kier molecular flexibility index (Phi) is 7.76. The number of amides is 2. The topological polar surface area (TPSA) is 79.5 Å². The van der Waals surface area contributed by atoms with Crippen molar-refractivity contribution in [1.29, 1.82) is 0 Å². The van der Waals surface area contributed by atoms with Gasteiger partial charge in [0.1, 0.15) is 11.9 Å². The van der Waals surface area contributed by atoms with Crippen LogP contribution in [0.15, 0.2) is 48.5 Å². The van der Waals surface area contributed by atoms with Crippen molar-refractivity contribution in [2.75, 3.05) is 19.0 Å². The fraction of sp³-hybridized carbons (Fsp3) is 0.300. The van der Waals surface area contributed by atoms with Crippen molar-refractivity contribution in [2.45, 2.75) is 26.1 Å². The van der Waals surface area contributed by atoms with E-state index in [-0.39, 0.29) is 24.2 Å². The summed E-state index contributed by atoms with van der Waals surface area (Å²) in [6.45, 7) is 2.37. The average molecular weight is 373 g/mol. The zero-order valence-corrected chi connectivity index (χ0v) is 15.4. The lowest BCUT2D eigenvalue weighted by molar-refractivity contribution is -0.129. The first-order valence-corrected chi connectivity index (χ1v) is 8.59. The van der Waals surface area contributed by atoms with Gasteiger partial charge in [-0.2, -0.15) is 0 Å². The van der Waals surface area contributed by atoms with E-state index in [0.717, 1.165) is 11.1 Å². The number of carbonyl (C=O) groups is 2.